The minimum Gasteiger partial charge on any atom is -0.391 e. The van der Waals surface area contributed by atoms with Gasteiger partial charge in [-0.25, -0.2) is 9.18 Å². The predicted octanol–water partition coefficient (Wildman–Crippen LogP) is 2.95. The fourth-order valence-electron chi connectivity index (χ4n) is 2.44. The molecular formula is C15H20ClFN2O2. The number of rotatable bonds is 2. The van der Waals surface area contributed by atoms with E-state index in [1.165, 1.54) is 12.1 Å². The maximum absolute atomic E-state index is 13.0. The van der Waals surface area contributed by atoms with Crippen LogP contribution in [0.15, 0.2) is 18.2 Å². The van der Waals surface area contributed by atoms with Gasteiger partial charge in [0.2, 0.25) is 0 Å². The summed E-state index contributed by atoms with van der Waals surface area (Å²) in [4.78, 5) is 13.8. The van der Waals surface area contributed by atoms with Crippen molar-refractivity contribution in [3.63, 3.8) is 0 Å². The Labute approximate surface area is 128 Å². The van der Waals surface area contributed by atoms with E-state index in [2.05, 4.69) is 5.32 Å². The quantitative estimate of drug-likeness (QED) is 0.882. The molecule has 4 nitrogen and oxygen atoms in total. The molecule has 2 N–H and O–H groups in total. The van der Waals surface area contributed by atoms with Gasteiger partial charge in [0.25, 0.3) is 0 Å². The van der Waals surface area contributed by atoms with Crippen LogP contribution in [-0.2, 0) is 0 Å². The van der Waals surface area contributed by atoms with Crippen LogP contribution in [0.2, 0.25) is 5.02 Å². The van der Waals surface area contributed by atoms with Gasteiger partial charge < -0.3 is 15.3 Å². The Morgan fingerprint density at radius 1 is 1.57 bits per heavy atom. The number of piperidine rings is 1. The van der Waals surface area contributed by atoms with E-state index in [0.717, 1.165) is 6.42 Å². The van der Waals surface area contributed by atoms with Crippen LogP contribution < -0.4 is 5.32 Å². The van der Waals surface area contributed by atoms with Crippen LogP contribution >= 0.6 is 11.6 Å². The molecule has 2 amide bonds. The lowest BCUT2D eigenvalue weighted by Crippen LogP contribution is -2.50. The Balaban J connectivity index is 1.99. The molecule has 6 heteroatoms. The SMILES string of the molecule is CC(NC(=O)N1CCC(C)C(O)C1)c1ccc(F)cc1Cl. The predicted molar refractivity (Wildman–Crippen MR) is 79.7 cm³/mol. The lowest BCUT2D eigenvalue weighted by Gasteiger charge is -2.35. The molecule has 2 rings (SSSR count). The molecule has 0 saturated carbocycles. The maximum Gasteiger partial charge on any atom is 0.317 e. The topological polar surface area (TPSA) is 52.6 Å². The lowest BCUT2D eigenvalue weighted by atomic mass is 9.96. The molecule has 0 radical (unpaired) electrons. The third-order valence-corrected chi connectivity index (χ3v) is 4.30. The number of aliphatic hydroxyl groups excluding tert-OH is 1. The highest BCUT2D eigenvalue weighted by atomic mass is 35.5. The Hall–Kier alpha value is -1.33. The average Bonchev–Trinajstić information content (AvgIpc) is 2.41. The fourth-order valence-corrected chi connectivity index (χ4v) is 2.77. The van der Waals surface area contributed by atoms with Gasteiger partial charge in [-0.3, -0.25) is 0 Å². The molecule has 3 atom stereocenters. The summed E-state index contributed by atoms with van der Waals surface area (Å²) in [7, 11) is 0. The molecule has 0 aliphatic carbocycles. The normalized spacial score (nSPS) is 23.8. The summed E-state index contributed by atoms with van der Waals surface area (Å²) in [5.41, 5.74) is 0.664. The first-order valence-electron chi connectivity index (χ1n) is 7.07. The highest BCUT2D eigenvalue weighted by Crippen LogP contribution is 2.24. The molecule has 1 saturated heterocycles. The van der Waals surface area contributed by atoms with Gasteiger partial charge in [0.05, 0.1) is 12.1 Å². The largest absolute Gasteiger partial charge is 0.391 e. The van der Waals surface area contributed by atoms with Crippen molar-refractivity contribution in [3.05, 3.63) is 34.6 Å². The molecule has 0 aromatic heterocycles. The summed E-state index contributed by atoms with van der Waals surface area (Å²) in [6.07, 6.45) is 0.287. The van der Waals surface area contributed by atoms with E-state index in [0.29, 0.717) is 18.7 Å². The number of β-amino-alcohol motifs (C(OH)–C–C–N with tert-alkyl or cyclic N) is 1. The summed E-state index contributed by atoms with van der Waals surface area (Å²) in [5, 5.41) is 13.0. The van der Waals surface area contributed by atoms with Crippen molar-refractivity contribution in [1.29, 1.82) is 0 Å². The molecule has 116 valence electrons. The maximum atomic E-state index is 13.0. The van der Waals surface area contributed by atoms with Crippen molar-refractivity contribution in [3.8, 4) is 0 Å². The summed E-state index contributed by atoms with van der Waals surface area (Å²) in [6, 6.07) is 3.54. The minimum absolute atomic E-state index is 0.206. The summed E-state index contributed by atoms with van der Waals surface area (Å²) in [5.74, 6) is -0.201. The van der Waals surface area contributed by atoms with Gasteiger partial charge in [-0.2, -0.15) is 0 Å². The molecule has 21 heavy (non-hydrogen) atoms. The number of hydrogen-bond acceptors (Lipinski definition) is 2. The lowest BCUT2D eigenvalue weighted by molar-refractivity contribution is 0.0431. The van der Waals surface area contributed by atoms with E-state index in [4.69, 9.17) is 11.6 Å². The van der Waals surface area contributed by atoms with Crippen LogP contribution in [-0.4, -0.2) is 35.2 Å². The van der Waals surface area contributed by atoms with E-state index < -0.39 is 11.9 Å². The number of carbonyl (C=O) groups is 1. The second-order valence-corrected chi connectivity index (χ2v) is 6.02. The molecule has 1 aromatic rings. The van der Waals surface area contributed by atoms with Gasteiger partial charge >= 0.3 is 6.03 Å². The number of nitrogens with one attached hydrogen (secondary N) is 1. The Morgan fingerprint density at radius 2 is 2.29 bits per heavy atom. The standard InChI is InChI=1S/C15H20ClFN2O2/c1-9-5-6-19(8-14(9)20)15(21)18-10(2)12-4-3-11(17)7-13(12)16/h3-4,7,9-10,14,20H,5-6,8H2,1-2H3,(H,18,21). The zero-order chi connectivity index (χ0) is 15.6. The van der Waals surface area contributed by atoms with Gasteiger partial charge in [0.1, 0.15) is 5.82 Å². The number of amides is 2. The smallest absolute Gasteiger partial charge is 0.317 e. The Bertz CT molecular complexity index is 526. The van der Waals surface area contributed by atoms with Crippen LogP contribution in [0.4, 0.5) is 9.18 Å². The van der Waals surface area contributed by atoms with E-state index in [-0.39, 0.29) is 23.0 Å². The molecule has 1 aliphatic rings. The second-order valence-electron chi connectivity index (χ2n) is 5.62. The number of aliphatic hydroxyl groups is 1. The highest BCUT2D eigenvalue weighted by Gasteiger charge is 2.28. The molecule has 3 unspecified atom stereocenters. The summed E-state index contributed by atoms with van der Waals surface area (Å²) >= 11 is 5.99. The van der Waals surface area contributed by atoms with Crippen molar-refractivity contribution >= 4 is 17.6 Å². The molecule has 1 aliphatic heterocycles. The first-order valence-corrected chi connectivity index (χ1v) is 7.44. The van der Waals surface area contributed by atoms with E-state index in [9.17, 15) is 14.3 Å². The van der Waals surface area contributed by atoms with Gasteiger partial charge in [-0.1, -0.05) is 24.6 Å². The second kappa shape index (κ2) is 6.62. The summed E-state index contributed by atoms with van der Waals surface area (Å²) in [6.45, 7) is 4.71. The summed E-state index contributed by atoms with van der Waals surface area (Å²) < 4.78 is 13.0. The van der Waals surface area contributed by atoms with Crippen LogP contribution in [0.5, 0.6) is 0 Å². The zero-order valence-electron chi connectivity index (χ0n) is 12.1. The molecule has 1 aromatic carbocycles. The Morgan fingerprint density at radius 3 is 2.90 bits per heavy atom. The number of carbonyl (C=O) groups excluding carboxylic acids is 1. The molecule has 0 bridgehead atoms. The number of benzene rings is 1. The average molecular weight is 315 g/mol. The van der Waals surface area contributed by atoms with E-state index >= 15 is 0 Å². The fraction of sp³-hybridized carbons (Fsp3) is 0.533. The first kappa shape index (κ1) is 16.0. The van der Waals surface area contributed by atoms with Gasteiger partial charge in [0, 0.05) is 18.1 Å². The Kier molecular flexibility index (Phi) is 5.06. The third-order valence-electron chi connectivity index (χ3n) is 3.97. The highest BCUT2D eigenvalue weighted by molar-refractivity contribution is 6.31. The van der Waals surface area contributed by atoms with Crippen molar-refractivity contribution < 1.29 is 14.3 Å². The van der Waals surface area contributed by atoms with Crippen molar-refractivity contribution in [2.45, 2.75) is 32.4 Å². The monoisotopic (exact) mass is 314 g/mol. The molecule has 0 spiro atoms. The van der Waals surface area contributed by atoms with Gasteiger partial charge in [0.15, 0.2) is 0 Å². The first-order chi connectivity index (χ1) is 9.88. The van der Waals surface area contributed by atoms with Crippen LogP contribution in [0.25, 0.3) is 0 Å². The van der Waals surface area contributed by atoms with Gasteiger partial charge in [-0.05, 0) is 37.0 Å². The van der Waals surface area contributed by atoms with Crippen molar-refractivity contribution in [2.75, 3.05) is 13.1 Å². The number of likely N-dealkylation sites (tertiary alicyclic amines) is 1. The molecule has 1 fully saturated rings. The van der Waals surface area contributed by atoms with Crippen molar-refractivity contribution in [1.82, 2.24) is 10.2 Å². The van der Waals surface area contributed by atoms with Crippen molar-refractivity contribution in [2.24, 2.45) is 5.92 Å². The van der Waals surface area contributed by atoms with Gasteiger partial charge in [-0.15, -0.1) is 0 Å². The number of urea groups is 1. The van der Waals surface area contributed by atoms with E-state index in [1.54, 1.807) is 17.9 Å². The third kappa shape index (κ3) is 3.86. The minimum atomic E-state index is -0.491. The molecular weight excluding hydrogens is 295 g/mol. The number of hydrogen-bond donors (Lipinski definition) is 2. The molecule has 1 heterocycles. The number of halogens is 2. The van der Waals surface area contributed by atoms with Crippen LogP contribution in [0, 0.1) is 11.7 Å². The van der Waals surface area contributed by atoms with Crippen LogP contribution in [0.1, 0.15) is 31.9 Å². The zero-order valence-corrected chi connectivity index (χ0v) is 12.9. The van der Waals surface area contributed by atoms with Crippen LogP contribution in [0.3, 0.4) is 0 Å². The number of nitrogens with zero attached hydrogens (tertiary/aromatic N) is 1. The van der Waals surface area contributed by atoms with E-state index in [1.807, 2.05) is 6.92 Å².